The van der Waals surface area contributed by atoms with Crippen molar-refractivity contribution in [1.29, 1.82) is 0 Å². The highest BCUT2D eigenvalue weighted by molar-refractivity contribution is 9.10. The zero-order valence-electron chi connectivity index (χ0n) is 11.7. The maximum absolute atomic E-state index is 7.26. The highest BCUT2D eigenvalue weighted by Gasteiger charge is 2.26. The van der Waals surface area contributed by atoms with E-state index in [1.807, 2.05) is 24.8 Å². The van der Waals surface area contributed by atoms with Gasteiger partial charge in [-0.3, -0.25) is 0 Å². The van der Waals surface area contributed by atoms with Crippen molar-refractivity contribution in [2.45, 2.75) is 37.5 Å². The van der Waals surface area contributed by atoms with Crippen LogP contribution in [-0.2, 0) is 0 Å². The van der Waals surface area contributed by atoms with E-state index in [0.29, 0.717) is 6.04 Å². The Morgan fingerprint density at radius 1 is 1.40 bits per heavy atom. The number of rotatable bonds is 2. The Labute approximate surface area is 132 Å². The van der Waals surface area contributed by atoms with Crippen LogP contribution < -0.4 is 0 Å². The van der Waals surface area contributed by atoms with Crippen LogP contribution in [0.4, 0.5) is 5.69 Å². The summed E-state index contributed by atoms with van der Waals surface area (Å²) in [5, 5.41) is 1.95. The molecule has 0 radical (unpaired) electrons. The predicted octanol–water partition coefficient (Wildman–Crippen LogP) is 5.72. The molecule has 1 aliphatic rings. The van der Waals surface area contributed by atoms with Crippen molar-refractivity contribution in [3.63, 3.8) is 0 Å². The molecule has 4 heteroatoms. The van der Waals surface area contributed by atoms with Crippen LogP contribution in [0.25, 0.3) is 15.7 Å². The normalized spacial score (nSPS) is 22.3. The summed E-state index contributed by atoms with van der Waals surface area (Å²) in [6.45, 7) is 9.28. The van der Waals surface area contributed by atoms with Gasteiger partial charge in [0.25, 0.3) is 0 Å². The molecule has 1 saturated carbocycles. The van der Waals surface area contributed by atoms with Crippen LogP contribution >= 0.6 is 27.7 Å². The molecule has 1 fully saturated rings. The van der Waals surface area contributed by atoms with Gasteiger partial charge in [-0.15, -0.1) is 0 Å². The van der Waals surface area contributed by atoms with Crippen LogP contribution in [-0.4, -0.2) is 16.1 Å². The van der Waals surface area contributed by atoms with E-state index in [0.717, 1.165) is 26.4 Å². The molecule has 1 aliphatic carbocycles. The van der Waals surface area contributed by atoms with Crippen molar-refractivity contribution >= 4 is 44.3 Å². The first kappa shape index (κ1) is 14.0. The second-order valence-corrected chi connectivity index (χ2v) is 7.47. The molecule has 0 amide bonds. The van der Waals surface area contributed by atoms with E-state index in [1.165, 1.54) is 24.8 Å². The van der Waals surface area contributed by atoms with E-state index in [4.69, 9.17) is 6.57 Å². The molecule has 20 heavy (non-hydrogen) atoms. The Bertz CT molecular complexity index is 699. The molecular weight excluding hydrogens is 332 g/mol. The maximum atomic E-state index is 7.26. The zero-order chi connectivity index (χ0) is 14.3. The van der Waals surface area contributed by atoms with Crippen LogP contribution in [0.15, 0.2) is 22.8 Å². The van der Waals surface area contributed by atoms with Crippen molar-refractivity contribution in [3.8, 4) is 0 Å². The standard InChI is InChI=1S/C16H17BrN2S/c1-10-6-16-13(8-15(10)18-2)14(17)9-19(16)11-4-5-12(7-11)20-3/h6,8-9,11-12H,4-5,7H2,1,3H3/t11-,12-/m1/s1. The third-order valence-corrected chi connectivity index (χ3v) is 6.03. The summed E-state index contributed by atoms with van der Waals surface area (Å²) < 4.78 is 3.51. The minimum Gasteiger partial charge on any atom is -0.343 e. The van der Waals surface area contributed by atoms with E-state index in [2.05, 4.69) is 43.9 Å². The zero-order valence-corrected chi connectivity index (χ0v) is 14.1. The molecular formula is C16H17BrN2S. The van der Waals surface area contributed by atoms with Gasteiger partial charge >= 0.3 is 0 Å². The Morgan fingerprint density at radius 3 is 2.85 bits per heavy atom. The van der Waals surface area contributed by atoms with Crippen molar-refractivity contribution in [1.82, 2.24) is 4.57 Å². The summed E-state index contributed by atoms with van der Waals surface area (Å²) in [5.74, 6) is 0. The fourth-order valence-electron chi connectivity index (χ4n) is 3.15. The molecule has 0 saturated heterocycles. The summed E-state index contributed by atoms with van der Waals surface area (Å²) in [6.07, 6.45) is 8.22. The number of benzene rings is 1. The molecule has 0 N–H and O–H groups in total. The number of fused-ring (bicyclic) bond motifs is 1. The Kier molecular flexibility index (Phi) is 3.83. The van der Waals surface area contributed by atoms with Crippen LogP contribution in [0.2, 0.25) is 0 Å². The van der Waals surface area contributed by atoms with Gasteiger partial charge in [0.05, 0.1) is 6.57 Å². The van der Waals surface area contributed by atoms with Crippen LogP contribution in [0.3, 0.4) is 0 Å². The second-order valence-electron chi connectivity index (χ2n) is 5.48. The molecule has 3 rings (SSSR count). The maximum Gasteiger partial charge on any atom is 0.190 e. The quantitative estimate of drug-likeness (QED) is 0.630. The van der Waals surface area contributed by atoms with Crippen LogP contribution in [0.5, 0.6) is 0 Å². The average molecular weight is 349 g/mol. The van der Waals surface area contributed by atoms with Gasteiger partial charge in [0, 0.05) is 32.9 Å². The van der Waals surface area contributed by atoms with E-state index >= 15 is 0 Å². The summed E-state index contributed by atoms with van der Waals surface area (Å²) in [6, 6.07) is 4.78. The first-order valence-electron chi connectivity index (χ1n) is 6.85. The van der Waals surface area contributed by atoms with Crippen molar-refractivity contribution < 1.29 is 0 Å². The lowest BCUT2D eigenvalue weighted by Gasteiger charge is -2.14. The molecule has 0 spiro atoms. The monoisotopic (exact) mass is 348 g/mol. The van der Waals surface area contributed by atoms with Gasteiger partial charge in [0.15, 0.2) is 5.69 Å². The Morgan fingerprint density at radius 2 is 2.20 bits per heavy atom. The third-order valence-electron chi connectivity index (χ3n) is 4.31. The van der Waals surface area contributed by atoms with E-state index in [9.17, 15) is 0 Å². The average Bonchev–Trinajstić information content (AvgIpc) is 3.03. The second kappa shape index (κ2) is 5.46. The molecule has 2 aromatic rings. The van der Waals surface area contributed by atoms with Gasteiger partial charge in [0.2, 0.25) is 0 Å². The topological polar surface area (TPSA) is 9.29 Å². The minimum absolute atomic E-state index is 0.597. The fourth-order valence-corrected chi connectivity index (χ4v) is 4.48. The molecule has 0 aliphatic heterocycles. The molecule has 0 bridgehead atoms. The van der Waals surface area contributed by atoms with Gasteiger partial charge in [-0.2, -0.15) is 11.8 Å². The predicted molar refractivity (Wildman–Crippen MR) is 90.8 cm³/mol. The first-order chi connectivity index (χ1) is 9.63. The molecule has 1 heterocycles. The smallest absolute Gasteiger partial charge is 0.190 e. The number of nitrogens with zero attached hydrogens (tertiary/aromatic N) is 2. The number of thioether (sulfide) groups is 1. The summed E-state index contributed by atoms with van der Waals surface area (Å²) in [5.41, 5.74) is 3.08. The summed E-state index contributed by atoms with van der Waals surface area (Å²) in [4.78, 5) is 3.61. The lowest BCUT2D eigenvalue weighted by molar-refractivity contribution is 0.536. The van der Waals surface area contributed by atoms with Crippen molar-refractivity contribution in [2.24, 2.45) is 0 Å². The van der Waals surface area contributed by atoms with Crippen molar-refractivity contribution in [2.75, 3.05) is 6.26 Å². The lowest BCUT2D eigenvalue weighted by Crippen LogP contribution is -2.04. The van der Waals surface area contributed by atoms with Crippen LogP contribution in [0, 0.1) is 13.5 Å². The van der Waals surface area contributed by atoms with Gasteiger partial charge in [0.1, 0.15) is 0 Å². The molecule has 0 unspecified atom stereocenters. The summed E-state index contributed by atoms with van der Waals surface area (Å²) >= 11 is 5.64. The molecule has 2 nitrogen and oxygen atoms in total. The molecule has 1 aromatic carbocycles. The molecule has 2 atom stereocenters. The van der Waals surface area contributed by atoms with E-state index in [-0.39, 0.29) is 0 Å². The number of hydrogen-bond acceptors (Lipinski definition) is 1. The molecule has 104 valence electrons. The fraction of sp³-hybridized carbons (Fsp3) is 0.438. The van der Waals surface area contributed by atoms with Gasteiger partial charge in [-0.05, 0) is 66.1 Å². The first-order valence-corrected chi connectivity index (χ1v) is 8.93. The number of halogens is 1. The molecule has 1 aromatic heterocycles. The number of hydrogen-bond donors (Lipinski definition) is 0. The van der Waals surface area contributed by atoms with Crippen LogP contribution in [0.1, 0.15) is 30.9 Å². The Balaban J connectivity index is 2.09. The lowest BCUT2D eigenvalue weighted by atomic mass is 10.1. The van der Waals surface area contributed by atoms with E-state index < -0.39 is 0 Å². The van der Waals surface area contributed by atoms with Gasteiger partial charge < -0.3 is 4.57 Å². The largest absolute Gasteiger partial charge is 0.343 e. The third kappa shape index (κ3) is 2.27. The Hall–Kier alpha value is -0.920. The highest BCUT2D eigenvalue weighted by atomic mass is 79.9. The number of aromatic nitrogens is 1. The van der Waals surface area contributed by atoms with E-state index in [1.54, 1.807) is 0 Å². The summed E-state index contributed by atoms with van der Waals surface area (Å²) in [7, 11) is 0. The SMILES string of the molecule is [C-]#[N+]c1cc2c(Br)cn([C@@H]3CC[C@@H](SC)C3)c2cc1C. The highest BCUT2D eigenvalue weighted by Crippen LogP contribution is 2.41. The minimum atomic E-state index is 0.597. The van der Waals surface area contributed by atoms with Crippen molar-refractivity contribution in [3.05, 3.63) is 39.8 Å². The van der Waals surface area contributed by atoms with Gasteiger partial charge in [-0.25, -0.2) is 4.85 Å². The number of aryl methyl sites for hydroxylation is 1. The van der Waals surface area contributed by atoms with Gasteiger partial charge in [-0.1, -0.05) is 0 Å².